The molecule has 2 aliphatic heterocycles. The van der Waals surface area contributed by atoms with Crippen LogP contribution in [0.5, 0.6) is 0 Å². The van der Waals surface area contributed by atoms with E-state index in [-0.39, 0.29) is 31.6 Å². The molecule has 3 fully saturated rings. The average Bonchev–Trinajstić information content (AvgIpc) is 3.02. The Morgan fingerprint density at radius 1 is 1.09 bits per heavy atom. The summed E-state index contributed by atoms with van der Waals surface area (Å²) in [6, 6.07) is -0.957. The number of Topliss-reactive ketones (excluding diaryl/α,β-unsaturated/α-hetero) is 1. The van der Waals surface area contributed by atoms with Gasteiger partial charge in [0.25, 0.3) is 11.7 Å². The fourth-order valence-electron chi connectivity index (χ4n) is 6.69. The van der Waals surface area contributed by atoms with Crippen LogP contribution in [0.15, 0.2) is 24.3 Å². The summed E-state index contributed by atoms with van der Waals surface area (Å²) < 4.78 is 28.0. The second kappa shape index (κ2) is 17.0. The zero-order valence-electron chi connectivity index (χ0n) is 27.1. The molecule has 1 saturated carbocycles. The van der Waals surface area contributed by atoms with E-state index in [2.05, 4.69) is 12.7 Å². The SMILES string of the molecule is C=CCCC[C@H](OC(=O)[C@@H]1CCCCN1C(=O)C(=O)[C@]1(O)OC(COC)[C@@H](OC)C[C@H]1C)/C(C)=C/[C@@H]1CC[C@@H](O)[C@H](OC)C1. The second-order valence-electron chi connectivity index (χ2n) is 12.5. The van der Waals surface area contributed by atoms with E-state index in [4.69, 9.17) is 23.7 Å². The molecule has 2 N–H and O–H groups in total. The number of amides is 1. The normalized spacial score (nSPS) is 33.8. The first-order valence-corrected chi connectivity index (χ1v) is 16.0. The summed E-state index contributed by atoms with van der Waals surface area (Å²) in [5, 5.41) is 21.6. The maximum atomic E-state index is 13.7. The van der Waals surface area contributed by atoms with Gasteiger partial charge in [-0.3, -0.25) is 9.59 Å². The number of esters is 1. The molecule has 0 radical (unpaired) electrons. The van der Waals surface area contributed by atoms with Gasteiger partial charge < -0.3 is 38.8 Å². The van der Waals surface area contributed by atoms with Gasteiger partial charge in [0.2, 0.25) is 5.79 Å². The fraction of sp³-hybridized carbons (Fsp3) is 0.788. The van der Waals surface area contributed by atoms with Gasteiger partial charge in [0.05, 0.1) is 24.9 Å². The third-order valence-corrected chi connectivity index (χ3v) is 9.43. The predicted molar refractivity (Wildman–Crippen MR) is 162 cm³/mol. The Balaban J connectivity index is 1.77. The van der Waals surface area contributed by atoms with Crippen molar-refractivity contribution in [2.24, 2.45) is 11.8 Å². The fourth-order valence-corrected chi connectivity index (χ4v) is 6.69. The lowest BCUT2D eigenvalue weighted by molar-refractivity contribution is -0.291. The highest BCUT2D eigenvalue weighted by atomic mass is 16.7. The van der Waals surface area contributed by atoms with E-state index in [1.165, 1.54) is 19.1 Å². The van der Waals surface area contributed by atoms with E-state index in [0.29, 0.717) is 38.5 Å². The smallest absolute Gasteiger partial charge is 0.329 e. The van der Waals surface area contributed by atoms with Crippen LogP contribution in [-0.2, 0) is 38.1 Å². The highest BCUT2D eigenvalue weighted by Crippen LogP contribution is 2.36. The summed E-state index contributed by atoms with van der Waals surface area (Å²) in [5.41, 5.74) is 0.902. The van der Waals surface area contributed by atoms with E-state index in [1.807, 2.05) is 13.0 Å². The Bertz CT molecular complexity index is 1020. The molecule has 0 bridgehead atoms. The lowest BCUT2D eigenvalue weighted by Gasteiger charge is -2.44. The molecule has 1 aliphatic carbocycles. The number of unbranched alkanes of at least 4 members (excludes halogenated alkanes) is 1. The summed E-state index contributed by atoms with van der Waals surface area (Å²) in [4.78, 5) is 42.2. The number of allylic oxidation sites excluding steroid dienone is 2. The van der Waals surface area contributed by atoms with Gasteiger partial charge in [-0.2, -0.15) is 0 Å². The quantitative estimate of drug-likeness (QED) is 0.128. The number of ether oxygens (including phenoxy) is 5. The van der Waals surface area contributed by atoms with E-state index < -0.39 is 59.8 Å². The lowest BCUT2D eigenvalue weighted by atomic mass is 9.83. The lowest BCUT2D eigenvalue weighted by Crippen LogP contribution is -2.63. The minimum Gasteiger partial charge on any atom is -0.456 e. The molecular weight excluding hydrogens is 570 g/mol. The number of rotatable bonds is 14. The molecule has 2 heterocycles. The van der Waals surface area contributed by atoms with Crippen LogP contribution in [0, 0.1) is 11.8 Å². The van der Waals surface area contributed by atoms with Crippen molar-refractivity contribution in [2.45, 2.75) is 120 Å². The number of methoxy groups -OCH3 is 3. The van der Waals surface area contributed by atoms with Crippen LogP contribution < -0.4 is 0 Å². The molecule has 11 heteroatoms. The number of carbonyl (C=O) groups excluding carboxylic acids is 3. The first-order chi connectivity index (χ1) is 21.0. The van der Waals surface area contributed by atoms with Crippen LogP contribution >= 0.6 is 0 Å². The predicted octanol–water partition coefficient (Wildman–Crippen LogP) is 3.10. The Hall–Kier alpha value is -2.15. The summed E-state index contributed by atoms with van der Waals surface area (Å²) in [7, 11) is 4.59. The van der Waals surface area contributed by atoms with Crippen molar-refractivity contribution in [3.63, 3.8) is 0 Å². The van der Waals surface area contributed by atoms with Crippen LogP contribution in [0.2, 0.25) is 0 Å². The number of aliphatic hydroxyl groups is 2. The third kappa shape index (κ3) is 8.76. The highest BCUT2D eigenvalue weighted by Gasteiger charge is 2.55. The average molecular weight is 624 g/mol. The molecule has 0 spiro atoms. The van der Waals surface area contributed by atoms with Crippen molar-refractivity contribution in [1.29, 1.82) is 0 Å². The first-order valence-electron chi connectivity index (χ1n) is 16.0. The maximum Gasteiger partial charge on any atom is 0.329 e. The zero-order chi connectivity index (χ0) is 32.4. The molecule has 3 rings (SSSR count). The molecular formula is C33H53NO10. The number of piperidine rings is 1. The molecule has 3 aliphatic rings. The number of ketones is 1. The van der Waals surface area contributed by atoms with Crippen molar-refractivity contribution in [3.8, 4) is 0 Å². The molecule has 0 aromatic heterocycles. The number of nitrogens with zero attached hydrogens (tertiary/aromatic N) is 1. The van der Waals surface area contributed by atoms with Crippen LogP contribution in [0.25, 0.3) is 0 Å². The van der Waals surface area contributed by atoms with E-state index in [9.17, 15) is 24.6 Å². The molecule has 9 atom stereocenters. The van der Waals surface area contributed by atoms with Gasteiger partial charge in [0.15, 0.2) is 0 Å². The molecule has 44 heavy (non-hydrogen) atoms. The van der Waals surface area contributed by atoms with Gasteiger partial charge in [-0.05, 0) is 82.6 Å². The van der Waals surface area contributed by atoms with Crippen molar-refractivity contribution >= 4 is 17.7 Å². The summed E-state index contributed by atoms with van der Waals surface area (Å²) in [6.45, 7) is 7.62. The van der Waals surface area contributed by atoms with Crippen molar-refractivity contribution < 1.29 is 48.3 Å². The Labute approximate surface area is 261 Å². The number of likely N-dealkylation sites (tertiary alicyclic amines) is 1. The summed E-state index contributed by atoms with van der Waals surface area (Å²) >= 11 is 0. The Morgan fingerprint density at radius 2 is 1.82 bits per heavy atom. The van der Waals surface area contributed by atoms with Gasteiger partial charge in [0, 0.05) is 33.8 Å². The van der Waals surface area contributed by atoms with E-state index in [0.717, 1.165) is 24.8 Å². The molecule has 0 aromatic carbocycles. The van der Waals surface area contributed by atoms with Crippen LogP contribution in [0.1, 0.15) is 78.1 Å². The van der Waals surface area contributed by atoms with Crippen LogP contribution in [0.3, 0.4) is 0 Å². The Morgan fingerprint density at radius 3 is 2.48 bits per heavy atom. The van der Waals surface area contributed by atoms with Gasteiger partial charge in [-0.25, -0.2) is 4.79 Å². The molecule has 1 unspecified atom stereocenters. The molecule has 2 saturated heterocycles. The van der Waals surface area contributed by atoms with Gasteiger partial charge in [-0.15, -0.1) is 6.58 Å². The van der Waals surface area contributed by atoms with E-state index in [1.54, 1.807) is 14.0 Å². The van der Waals surface area contributed by atoms with Crippen molar-refractivity contribution in [2.75, 3.05) is 34.5 Å². The maximum absolute atomic E-state index is 13.7. The standard InChI is InChI=1S/C33H53NO10/c1-7-8-9-13-26(21(2)17-23-14-15-25(35)27(19-23)41-5)43-32(38)24-12-10-11-16-34(24)31(37)30(36)33(39)22(3)18-28(42-6)29(44-33)20-40-4/h7,17,22-29,35,39H,1,8-16,18-20H2,2-6H3/b21-17+/t22-,23+,24+,25-,26+,27-,28+,29?,33-/m1/s1. The number of aliphatic hydroxyl groups excluding tert-OH is 1. The topological polar surface area (TPSA) is 141 Å². The number of hydrogen-bond acceptors (Lipinski definition) is 10. The van der Waals surface area contributed by atoms with Crippen LogP contribution in [0.4, 0.5) is 0 Å². The van der Waals surface area contributed by atoms with Gasteiger partial charge in [-0.1, -0.05) is 19.1 Å². The highest BCUT2D eigenvalue weighted by molar-refractivity contribution is 6.39. The van der Waals surface area contributed by atoms with Crippen molar-refractivity contribution in [1.82, 2.24) is 4.90 Å². The summed E-state index contributed by atoms with van der Waals surface area (Å²) in [6.07, 6.45) is 7.68. The van der Waals surface area contributed by atoms with Gasteiger partial charge >= 0.3 is 5.97 Å². The van der Waals surface area contributed by atoms with Gasteiger partial charge in [0.1, 0.15) is 18.2 Å². The minimum atomic E-state index is -2.37. The second-order valence-corrected chi connectivity index (χ2v) is 12.5. The molecule has 250 valence electrons. The molecule has 0 aromatic rings. The minimum absolute atomic E-state index is 0.0708. The summed E-state index contributed by atoms with van der Waals surface area (Å²) in [5.74, 6) is -5.57. The van der Waals surface area contributed by atoms with Crippen molar-refractivity contribution in [3.05, 3.63) is 24.3 Å². The number of carbonyl (C=O) groups is 3. The molecule has 11 nitrogen and oxygen atoms in total. The largest absolute Gasteiger partial charge is 0.456 e. The van der Waals surface area contributed by atoms with Crippen LogP contribution in [-0.4, -0.2) is 110 Å². The number of hydrogen-bond donors (Lipinski definition) is 2. The Kier molecular flexibility index (Phi) is 14.0. The van der Waals surface area contributed by atoms with E-state index >= 15 is 0 Å². The molecule has 1 amide bonds. The first kappa shape index (κ1) is 36.3. The monoisotopic (exact) mass is 623 g/mol. The zero-order valence-corrected chi connectivity index (χ0v) is 27.1. The third-order valence-electron chi connectivity index (χ3n) is 9.43.